The van der Waals surface area contributed by atoms with Crippen molar-refractivity contribution >= 4 is 40.9 Å². The van der Waals surface area contributed by atoms with E-state index in [4.69, 9.17) is 24.2 Å². The summed E-state index contributed by atoms with van der Waals surface area (Å²) in [5.74, 6) is 0.687. The number of ether oxygens (including phenoxy) is 3. The minimum atomic E-state index is -1.05. The molecule has 4 saturated heterocycles. The molecule has 8 aliphatic rings. The normalized spacial score (nSPS) is 25.8. The molecule has 5 aromatic rings. The Kier molecular flexibility index (Phi) is 14.8. The first kappa shape index (κ1) is 53.3. The Morgan fingerprint density at radius 1 is 1.02 bits per heavy atom. The summed E-state index contributed by atoms with van der Waals surface area (Å²) in [5.41, 5.74) is 12.2. The molecule has 0 radical (unpaired) electrons. The molecule has 19 nitrogen and oxygen atoms in total. The largest absolute Gasteiger partial charge is 0.486 e. The van der Waals surface area contributed by atoms with E-state index in [9.17, 15) is 15.0 Å². The summed E-state index contributed by atoms with van der Waals surface area (Å²) < 4.78 is 37.5. The van der Waals surface area contributed by atoms with Crippen LogP contribution in [-0.4, -0.2) is 141 Å². The lowest BCUT2D eigenvalue weighted by molar-refractivity contribution is -0.133. The van der Waals surface area contributed by atoms with Gasteiger partial charge in [-0.15, -0.1) is 5.10 Å². The summed E-state index contributed by atoms with van der Waals surface area (Å²) >= 11 is 0. The van der Waals surface area contributed by atoms with Crippen LogP contribution in [0.2, 0.25) is 0 Å². The van der Waals surface area contributed by atoms with Crippen LogP contribution in [0.5, 0.6) is 11.8 Å². The number of benzene rings is 3. The first-order valence-corrected chi connectivity index (χ1v) is 29.1. The van der Waals surface area contributed by atoms with Gasteiger partial charge in [0.15, 0.2) is 5.75 Å². The second-order valence-corrected chi connectivity index (χ2v) is 23.7. The Bertz CT molecular complexity index is 3330. The molecule has 5 N–H and O–H groups in total. The molecule has 8 heterocycles. The van der Waals surface area contributed by atoms with E-state index in [-0.39, 0.29) is 60.8 Å². The van der Waals surface area contributed by atoms with Gasteiger partial charge in [-0.05, 0) is 90.8 Å². The maximum atomic E-state index is 16.2. The third-order valence-electron chi connectivity index (χ3n) is 18.0. The number of amides is 1. The fraction of sp³-hybridized carbons (Fsp3) is 0.508. The van der Waals surface area contributed by atoms with E-state index in [1.54, 1.807) is 17.1 Å². The van der Waals surface area contributed by atoms with Gasteiger partial charge >= 0.3 is 6.01 Å². The average Bonchev–Trinajstić information content (AvgIpc) is 4.29. The highest BCUT2D eigenvalue weighted by molar-refractivity contribution is 6.06. The van der Waals surface area contributed by atoms with Crippen LogP contribution in [0.15, 0.2) is 99.1 Å². The molecule has 3 aromatic carbocycles. The number of aromatic nitrogens is 5. The van der Waals surface area contributed by atoms with E-state index < -0.39 is 30.3 Å². The monoisotopic (exact) mass is 1100 g/mol. The molecule has 1 saturated carbocycles. The molecular weight excluding hydrogens is 1030 g/mol. The molecule has 2 bridgehead atoms. The number of nitrogens with one attached hydrogen (secondary N) is 3. The van der Waals surface area contributed by atoms with Gasteiger partial charge in [0.05, 0.1) is 49.9 Å². The zero-order chi connectivity index (χ0) is 55.5. The fourth-order valence-corrected chi connectivity index (χ4v) is 13.4. The van der Waals surface area contributed by atoms with Crippen molar-refractivity contribution in [1.82, 2.24) is 45.9 Å². The number of carbonyl (C=O) groups excluding carboxylic acids is 1. The zero-order valence-corrected chi connectivity index (χ0v) is 46.4. The van der Waals surface area contributed by atoms with Crippen molar-refractivity contribution < 1.29 is 33.6 Å². The Labute approximate surface area is 470 Å². The van der Waals surface area contributed by atoms with Crippen LogP contribution >= 0.6 is 0 Å². The Balaban J connectivity index is 0.766. The first-order valence-electron chi connectivity index (χ1n) is 29.1. The maximum Gasteiger partial charge on any atom is 0.319 e. The Morgan fingerprint density at radius 3 is 2.56 bits per heavy atom. The second-order valence-electron chi connectivity index (χ2n) is 23.7. The number of aliphatic imine (C=N–C) groups is 2. The van der Waals surface area contributed by atoms with Crippen LogP contribution in [0.1, 0.15) is 124 Å². The smallest absolute Gasteiger partial charge is 0.319 e. The molecule has 20 heteroatoms. The molecule has 81 heavy (non-hydrogen) atoms. The third kappa shape index (κ3) is 10.4. The minimum Gasteiger partial charge on any atom is -0.486 e. The number of anilines is 1. The van der Waals surface area contributed by atoms with Crippen LogP contribution in [0.25, 0.3) is 22.2 Å². The minimum absolute atomic E-state index is 0.0817. The number of hydrogen-bond donors (Lipinski definition) is 5. The first-order chi connectivity index (χ1) is 39.5. The quantitative estimate of drug-likeness (QED) is 0.0587. The van der Waals surface area contributed by atoms with Gasteiger partial charge in [-0.2, -0.15) is 15.1 Å². The highest BCUT2D eigenvalue weighted by Crippen LogP contribution is 2.55. The van der Waals surface area contributed by atoms with E-state index in [1.807, 2.05) is 86.6 Å². The number of hydrazone groups is 1. The topological polar surface area (TPSA) is 221 Å². The van der Waals surface area contributed by atoms with Crippen LogP contribution in [0.4, 0.5) is 10.2 Å². The number of aliphatic hydroxyl groups excluding tert-OH is 2. The number of piperazine rings is 1. The summed E-state index contributed by atoms with van der Waals surface area (Å²) in [7, 11) is 0. The van der Waals surface area contributed by atoms with Crippen LogP contribution in [0.3, 0.4) is 0 Å². The number of fused-ring (bicyclic) bond motifs is 4. The summed E-state index contributed by atoms with van der Waals surface area (Å²) in [4.78, 5) is 37.6. The zero-order valence-electron chi connectivity index (χ0n) is 46.4. The van der Waals surface area contributed by atoms with Gasteiger partial charge in [-0.3, -0.25) is 20.1 Å². The molecule has 424 valence electrons. The van der Waals surface area contributed by atoms with Crippen LogP contribution in [-0.2, 0) is 16.1 Å². The van der Waals surface area contributed by atoms with E-state index in [0.29, 0.717) is 67.3 Å². The van der Waals surface area contributed by atoms with Gasteiger partial charge in [0.25, 0.3) is 0 Å². The number of halogens is 1. The van der Waals surface area contributed by atoms with E-state index >= 15 is 4.39 Å². The predicted molar refractivity (Wildman–Crippen MR) is 306 cm³/mol. The molecular formula is C61H72FN13O6. The fourth-order valence-electron chi connectivity index (χ4n) is 13.4. The molecule has 6 aliphatic heterocycles. The van der Waals surface area contributed by atoms with Gasteiger partial charge < -0.3 is 40.0 Å². The van der Waals surface area contributed by atoms with Crippen LogP contribution in [0, 0.1) is 17.8 Å². The average molecular weight is 1100 g/mol. The van der Waals surface area contributed by atoms with Crippen molar-refractivity contribution in [1.29, 1.82) is 0 Å². The number of rotatable bonds is 18. The van der Waals surface area contributed by atoms with E-state index in [0.717, 1.165) is 108 Å². The van der Waals surface area contributed by atoms with Crippen molar-refractivity contribution in [2.24, 2.45) is 32.8 Å². The molecule has 2 aromatic heterocycles. The lowest BCUT2D eigenvalue weighted by atomic mass is 9.74. The number of likely N-dealkylation sites (tertiary alicyclic amines) is 1. The molecule has 2 aliphatic carbocycles. The predicted octanol–water partition coefficient (Wildman–Crippen LogP) is 7.18. The molecule has 9 atom stereocenters. The Hall–Kier alpha value is -6.97. The standard InChI is InChI=1S/C61H72FN13O6/c1-33(2)56(60(78)73-19-5-6-51(73)59(77)67-50(30-76)39-13-15-40(16-14-39)54-34(3)25-63-32-65-54)75-29-49(71-72-75)38-9-7-36(8-10-38)31-80-57-53(52-35(4)47(62)24-48-46(52)27-66-70-48)44(37-11-12-37)23-45-55(57)68-61(81-43-17-20-79-21-18-43)69-58(45)74-28-41-22-42(74)26-64-41/h7-10,13-16,23-24,27,29,32-34,37,41-43,46,50-52,56,60,64,70,76,78H,5-6,11-12,17-22,25-26,28,30-31H2,1-4H3,(H,67,77)/t34?,41-,42-,46?,50-,51-,52?,56-,60?/m0/s1. The SMILES string of the molecule is CC1=C(F)C=C2NN=CC2C1c1c(C2CC2)cc2c(N3C[C@@H]4C[C@H]3CN4)nc(OC3CCOCC3)nc2c1OCc1ccc(-c2cn([C@@H](C(C)C)C(O)N3CCC[C@H]3C(=O)N[C@@H](CO)c3ccc(C4=NC=NCC4C)cc3)nn2)cc1. The van der Waals surface area contributed by atoms with Crippen molar-refractivity contribution in [2.45, 2.75) is 134 Å². The van der Waals surface area contributed by atoms with Gasteiger partial charge in [0.1, 0.15) is 48.1 Å². The molecule has 4 unspecified atom stereocenters. The number of hydrogen-bond acceptors (Lipinski definition) is 17. The number of aliphatic hydroxyl groups is 2. The number of allylic oxidation sites excluding steroid dienone is 4. The maximum absolute atomic E-state index is 16.2. The summed E-state index contributed by atoms with van der Waals surface area (Å²) in [6, 6.07) is 17.3. The molecule has 13 rings (SSSR count). The lowest BCUT2D eigenvalue weighted by Crippen LogP contribution is -2.52. The van der Waals surface area contributed by atoms with E-state index in [1.165, 1.54) is 0 Å². The number of nitrogens with zero attached hydrogens (tertiary/aromatic N) is 10. The number of carbonyl (C=O) groups is 1. The molecule has 5 fully saturated rings. The highest BCUT2D eigenvalue weighted by atomic mass is 19.1. The van der Waals surface area contributed by atoms with Crippen molar-refractivity contribution in [2.75, 3.05) is 50.9 Å². The highest BCUT2D eigenvalue weighted by Gasteiger charge is 2.45. The van der Waals surface area contributed by atoms with Crippen molar-refractivity contribution in [3.05, 3.63) is 112 Å². The summed E-state index contributed by atoms with van der Waals surface area (Å²) in [5, 5.41) is 44.0. The van der Waals surface area contributed by atoms with Crippen molar-refractivity contribution in [3.63, 3.8) is 0 Å². The van der Waals surface area contributed by atoms with Crippen LogP contribution < -0.4 is 30.4 Å². The Morgan fingerprint density at radius 2 is 1.83 bits per heavy atom. The van der Waals surface area contributed by atoms with Crippen molar-refractivity contribution in [3.8, 4) is 23.0 Å². The summed E-state index contributed by atoms with van der Waals surface area (Å²) in [6.07, 6.45) is 11.6. The van der Waals surface area contributed by atoms with Gasteiger partial charge in [0.2, 0.25) is 5.91 Å². The van der Waals surface area contributed by atoms with E-state index in [2.05, 4.69) is 59.3 Å². The second kappa shape index (κ2) is 22.4. The van der Waals surface area contributed by atoms with Gasteiger partial charge in [-0.1, -0.05) is 74.5 Å². The molecule has 1 amide bonds. The molecule has 0 spiro atoms. The van der Waals surface area contributed by atoms with Gasteiger partial charge in [-0.25, -0.2) is 14.1 Å². The lowest BCUT2D eigenvalue weighted by Gasteiger charge is -2.36. The third-order valence-corrected chi connectivity index (χ3v) is 18.0. The summed E-state index contributed by atoms with van der Waals surface area (Å²) in [6.45, 7) is 12.1. The van der Waals surface area contributed by atoms with Gasteiger partial charge in [0, 0.05) is 97.3 Å².